The first-order chi connectivity index (χ1) is 16.1. The summed E-state index contributed by atoms with van der Waals surface area (Å²) in [6, 6.07) is 8.23. The van der Waals surface area contributed by atoms with Gasteiger partial charge in [-0.25, -0.2) is 4.68 Å². The number of imide groups is 1. The smallest absolute Gasteiger partial charge is 0.325 e. The van der Waals surface area contributed by atoms with Crippen LogP contribution < -0.4 is 10.9 Å². The minimum Gasteiger partial charge on any atom is -0.480 e. The van der Waals surface area contributed by atoms with E-state index in [9.17, 15) is 24.3 Å². The lowest BCUT2D eigenvalue weighted by atomic mass is 9.73. The van der Waals surface area contributed by atoms with Crippen LogP contribution in [0.2, 0.25) is 0 Å². The molecule has 9 heteroatoms. The number of fused-ring (bicyclic) bond motifs is 1. The van der Waals surface area contributed by atoms with Crippen LogP contribution in [0.25, 0.3) is 5.69 Å². The van der Waals surface area contributed by atoms with Gasteiger partial charge in [0.15, 0.2) is 0 Å². The molecule has 4 unspecified atom stereocenters. The van der Waals surface area contributed by atoms with E-state index in [-0.39, 0.29) is 12.1 Å². The first kappa shape index (κ1) is 23.9. The maximum atomic E-state index is 13.7. The van der Waals surface area contributed by atoms with Gasteiger partial charge in [-0.2, -0.15) is 0 Å². The molecule has 4 rings (SSSR count). The Morgan fingerprint density at radius 3 is 2.35 bits per heavy atom. The average molecular weight is 469 g/mol. The van der Waals surface area contributed by atoms with Crippen molar-refractivity contribution in [3.05, 3.63) is 51.9 Å². The van der Waals surface area contributed by atoms with Crippen LogP contribution in [-0.2, 0) is 21.4 Å². The standard InChI is InChI=1S/C25H32N4O5/c1-6-7-13-28-21(30)18-19(23(28)32)25(14(2)3,24(33)34)26-20(18)17-15(4)27(5)29(22(17)31)16-11-9-8-10-12-16/h8-12,14,18-20,26H,6-7,13H2,1-5H3,(H,33,34). The number of nitrogens with one attached hydrogen (secondary N) is 1. The van der Waals surface area contributed by atoms with Crippen molar-refractivity contribution in [3.63, 3.8) is 0 Å². The zero-order chi connectivity index (χ0) is 24.9. The third kappa shape index (κ3) is 3.17. The Kier molecular flexibility index (Phi) is 6.01. The van der Waals surface area contributed by atoms with Crippen LogP contribution in [0.15, 0.2) is 35.1 Å². The number of aromatic nitrogens is 2. The Morgan fingerprint density at radius 2 is 1.79 bits per heavy atom. The summed E-state index contributed by atoms with van der Waals surface area (Å²) in [6.07, 6.45) is 1.43. The van der Waals surface area contributed by atoms with Gasteiger partial charge in [0.25, 0.3) is 5.56 Å². The Hall–Kier alpha value is -3.20. The molecule has 0 spiro atoms. The number of aliphatic carboxylic acids is 1. The van der Waals surface area contributed by atoms with Crippen molar-refractivity contribution in [1.29, 1.82) is 0 Å². The topological polar surface area (TPSA) is 114 Å². The van der Waals surface area contributed by atoms with Gasteiger partial charge in [-0.1, -0.05) is 45.4 Å². The number of carboxylic acids is 1. The molecule has 0 saturated carbocycles. The van der Waals surface area contributed by atoms with Crippen molar-refractivity contribution in [2.45, 2.75) is 52.1 Å². The molecule has 1 aromatic carbocycles. The molecule has 2 amide bonds. The predicted octanol–water partition coefficient (Wildman–Crippen LogP) is 2.01. The zero-order valence-electron chi connectivity index (χ0n) is 20.2. The number of carboxylic acid groups (broad SMARTS) is 1. The number of likely N-dealkylation sites (tertiary alicyclic amines) is 1. The highest BCUT2D eigenvalue weighted by atomic mass is 16.4. The quantitative estimate of drug-likeness (QED) is 0.601. The van der Waals surface area contributed by atoms with Crippen molar-refractivity contribution >= 4 is 17.8 Å². The van der Waals surface area contributed by atoms with E-state index in [1.54, 1.807) is 32.5 Å². The van der Waals surface area contributed by atoms with Gasteiger partial charge in [0.2, 0.25) is 11.8 Å². The average Bonchev–Trinajstić information content (AvgIpc) is 3.35. The Balaban J connectivity index is 1.92. The van der Waals surface area contributed by atoms with Crippen LogP contribution in [0.4, 0.5) is 0 Å². The Labute approximate surface area is 198 Å². The largest absolute Gasteiger partial charge is 0.480 e. The lowest BCUT2D eigenvalue weighted by molar-refractivity contribution is -0.153. The molecule has 9 nitrogen and oxygen atoms in total. The van der Waals surface area contributed by atoms with Gasteiger partial charge in [-0.3, -0.25) is 34.1 Å². The predicted molar refractivity (Wildman–Crippen MR) is 125 cm³/mol. The molecule has 34 heavy (non-hydrogen) atoms. The van der Waals surface area contributed by atoms with Crippen LogP contribution in [0, 0.1) is 24.7 Å². The van der Waals surface area contributed by atoms with Crippen molar-refractivity contribution in [2.75, 3.05) is 6.54 Å². The minimum absolute atomic E-state index is 0.254. The van der Waals surface area contributed by atoms with Crippen LogP contribution in [-0.4, -0.2) is 49.2 Å². The molecule has 4 atom stereocenters. The number of hydrogen-bond acceptors (Lipinski definition) is 5. The number of hydrogen-bond donors (Lipinski definition) is 2. The van der Waals surface area contributed by atoms with E-state index >= 15 is 0 Å². The second-order valence-electron chi connectivity index (χ2n) is 9.61. The first-order valence-electron chi connectivity index (χ1n) is 11.8. The Bertz CT molecular complexity index is 1200. The summed E-state index contributed by atoms with van der Waals surface area (Å²) in [5.74, 6) is -4.59. The van der Waals surface area contributed by atoms with Gasteiger partial charge in [0.05, 0.1) is 29.1 Å². The number of rotatable bonds is 7. The summed E-state index contributed by atoms with van der Waals surface area (Å²) in [4.78, 5) is 54.7. The first-order valence-corrected chi connectivity index (χ1v) is 11.8. The molecule has 2 saturated heterocycles. The van der Waals surface area contributed by atoms with Crippen molar-refractivity contribution in [1.82, 2.24) is 19.6 Å². The molecule has 1 aromatic heterocycles. The number of carbonyl (C=O) groups excluding carboxylic acids is 2. The normalized spacial score (nSPS) is 26.5. The highest BCUT2D eigenvalue weighted by molar-refractivity contribution is 6.09. The summed E-state index contributed by atoms with van der Waals surface area (Å²) < 4.78 is 3.21. The fraction of sp³-hybridized carbons (Fsp3) is 0.520. The number of amides is 2. The number of unbranched alkanes of at least 4 members (excludes halogenated alkanes) is 1. The molecule has 182 valence electrons. The number of nitrogens with zero attached hydrogens (tertiary/aromatic N) is 3. The minimum atomic E-state index is -1.66. The molecule has 0 bridgehead atoms. The summed E-state index contributed by atoms with van der Waals surface area (Å²) in [5, 5.41) is 13.5. The molecule has 3 heterocycles. The lowest BCUT2D eigenvalue weighted by Gasteiger charge is -2.34. The van der Waals surface area contributed by atoms with Gasteiger partial charge in [-0.05, 0) is 31.4 Å². The molecule has 2 aliphatic rings. The fourth-order valence-electron chi connectivity index (χ4n) is 5.71. The van der Waals surface area contributed by atoms with Crippen molar-refractivity contribution < 1.29 is 19.5 Å². The Morgan fingerprint density at radius 1 is 1.15 bits per heavy atom. The number of carbonyl (C=O) groups is 3. The molecule has 2 aromatic rings. The van der Waals surface area contributed by atoms with E-state index in [2.05, 4.69) is 5.32 Å². The van der Waals surface area contributed by atoms with E-state index in [0.29, 0.717) is 23.4 Å². The summed E-state index contributed by atoms with van der Waals surface area (Å²) in [6.45, 7) is 7.45. The fourth-order valence-corrected chi connectivity index (χ4v) is 5.71. The monoisotopic (exact) mass is 468 g/mol. The lowest BCUT2D eigenvalue weighted by Crippen LogP contribution is -2.59. The van der Waals surface area contributed by atoms with Crippen LogP contribution >= 0.6 is 0 Å². The van der Waals surface area contributed by atoms with E-state index in [4.69, 9.17) is 0 Å². The molecular weight excluding hydrogens is 436 g/mol. The molecule has 2 fully saturated rings. The van der Waals surface area contributed by atoms with E-state index < -0.39 is 47.1 Å². The van der Waals surface area contributed by atoms with E-state index in [0.717, 1.165) is 6.42 Å². The summed E-state index contributed by atoms with van der Waals surface area (Å²) in [7, 11) is 1.75. The van der Waals surface area contributed by atoms with E-state index in [1.807, 2.05) is 37.3 Å². The molecule has 0 radical (unpaired) electrons. The third-order valence-electron chi connectivity index (χ3n) is 7.60. The van der Waals surface area contributed by atoms with Crippen LogP contribution in [0.5, 0.6) is 0 Å². The zero-order valence-corrected chi connectivity index (χ0v) is 20.2. The van der Waals surface area contributed by atoms with Crippen LogP contribution in [0.3, 0.4) is 0 Å². The van der Waals surface area contributed by atoms with Crippen molar-refractivity contribution in [3.8, 4) is 5.69 Å². The number of para-hydroxylation sites is 1. The maximum Gasteiger partial charge on any atom is 0.325 e. The number of benzene rings is 1. The van der Waals surface area contributed by atoms with Crippen LogP contribution in [0.1, 0.15) is 50.9 Å². The van der Waals surface area contributed by atoms with Gasteiger partial charge < -0.3 is 5.11 Å². The van der Waals surface area contributed by atoms with E-state index in [1.165, 1.54) is 9.58 Å². The third-order valence-corrected chi connectivity index (χ3v) is 7.60. The molecule has 0 aliphatic carbocycles. The van der Waals surface area contributed by atoms with Crippen molar-refractivity contribution in [2.24, 2.45) is 24.8 Å². The van der Waals surface area contributed by atoms with Gasteiger partial charge in [0, 0.05) is 19.3 Å². The second kappa shape index (κ2) is 8.54. The van der Waals surface area contributed by atoms with Gasteiger partial charge in [-0.15, -0.1) is 0 Å². The molecule has 2 aliphatic heterocycles. The van der Waals surface area contributed by atoms with Gasteiger partial charge in [0.1, 0.15) is 5.54 Å². The maximum absolute atomic E-state index is 13.7. The highest BCUT2D eigenvalue weighted by Gasteiger charge is 2.69. The second-order valence-corrected chi connectivity index (χ2v) is 9.61. The SMILES string of the molecule is CCCCN1C(=O)C2C(c3c(C)n(C)n(-c4ccccc4)c3=O)NC(C(=O)O)(C(C)C)C2C1=O. The summed E-state index contributed by atoms with van der Waals surface area (Å²) in [5.41, 5.74) is -0.397. The highest BCUT2D eigenvalue weighted by Crippen LogP contribution is 2.51. The summed E-state index contributed by atoms with van der Waals surface area (Å²) >= 11 is 0. The van der Waals surface area contributed by atoms with Gasteiger partial charge >= 0.3 is 5.97 Å². The molecule has 2 N–H and O–H groups in total. The molecular formula is C25H32N4O5.